The molecule has 1 N–H and O–H groups in total. The second-order valence-electron chi connectivity index (χ2n) is 5.60. The molecule has 0 bridgehead atoms. The molecule has 1 aromatic carbocycles. The summed E-state index contributed by atoms with van der Waals surface area (Å²) in [6.07, 6.45) is 0.501. The van der Waals surface area contributed by atoms with Crippen LogP contribution in [0.25, 0.3) is 0 Å². The Hall–Kier alpha value is -1.37. The van der Waals surface area contributed by atoms with Crippen molar-refractivity contribution in [3.05, 3.63) is 35.9 Å². The molecule has 1 rings (SSSR count). The quantitative estimate of drug-likeness (QED) is 0.818. The maximum Gasteiger partial charge on any atom is 0.0641 e. The van der Waals surface area contributed by atoms with Gasteiger partial charge in [-0.3, -0.25) is 0 Å². The van der Waals surface area contributed by atoms with Gasteiger partial charge in [0.2, 0.25) is 0 Å². The van der Waals surface area contributed by atoms with Gasteiger partial charge in [0.15, 0.2) is 0 Å². The summed E-state index contributed by atoms with van der Waals surface area (Å²) in [5.41, 5.74) is 1.19. The maximum atomic E-state index is 9.03. The van der Waals surface area contributed by atoms with Crippen LogP contribution >= 0.6 is 0 Å². The van der Waals surface area contributed by atoms with E-state index < -0.39 is 0 Å². The van der Waals surface area contributed by atoms with E-state index in [1.165, 1.54) is 5.56 Å². The van der Waals surface area contributed by atoms with E-state index in [2.05, 4.69) is 56.4 Å². The summed E-state index contributed by atoms with van der Waals surface area (Å²) in [5, 5.41) is 12.7. The standard InChI is InChI=1S/C16H25N3/c1-13(2)16(12-19(3)4)18-15(10-11-17)14-8-6-5-7-9-14/h5-9,13,15-16,18H,10,12H2,1-4H3. The Morgan fingerprint density at radius 2 is 1.84 bits per heavy atom. The van der Waals surface area contributed by atoms with Crippen molar-refractivity contribution in [1.29, 1.82) is 5.26 Å². The number of likely N-dealkylation sites (N-methyl/N-ethyl adjacent to an activating group) is 1. The molecule has 1 aromatic rings. The summed E-state index contributed by atoms with van der Waals surface area (Å²) in [4.78, 5) is 2.19. The minimum absolute atomic E-state index is 0.110. The second-order valence-corrected chi connectivity index (χ2v) is 5.60. The molecule has 0 radical (unpaired) electrons. The van der Waals surface area contributed by atoms with Crippen molar-refractivity contribution in [2.75, 3.05) is 20.6 Å². The predicted molar refractivity (Wildman–Crippen MR) is 79.7 cm³/mol. The fraction of sp³-hybridized carbons (Fsp3) is 0.562. The van der Waals surface area contributed by atoms with E-state index >= 15 is 0 Å². The van der Waals surface area contributed by atoms with E-state index in [9.17, 15) is 0 Å². The largest absolute Gasteiger partial charge is 0.308 e. The van der Waals surface area contributed by atoms with Gasteiger partial charge in [0.1, 0.15) is 0 Å². The van der Waals surface area contributed by atoms with Crippen LogP contribution < -0.4 is 5.32 Å². The van der Waals surface area contributed by atoms with Gasteiger partial charge in [-0.1, -0.05) is 44.2 Å². The topological polar surface area (TPSA) is 39.1 Å². The molecule has 2 unspecified atom stereocenters. The minimum atomic E-state index is 0.110. The number of hydrogen-bond donors (Lipinski definition) is 1. The van der Waals surface area contributed by atoms with Crippen LogP contribution in [0, 0.1) is 17.2 Å². The normalized spacial score (nSPS) is 14.4. The van der Waals surface area contributed by atoms with Gasteiger partial charge in [0, 0.05) is 18.6 Å². The van der Waals surface area contributed by atoms with Crippen LogP contribution in [-0.4, -0.2) is 31.6 Å². The Bertz CT molecular complexity index is 392. The van der Waals surface area contributed by atoms with Crippen LogP contribution in [0.4, 0.5) is 0 Å². The Morgan fingerprint density at radius 1 is 1.21 bits per heavy atom. The summed E-state index contributed by atoms with van der Waals surface area (Å²) in [7, 11) is 4.16. The van der Waals surface area contributed by atoms with Crippen LogP contribution in [0.2, 0.25) is 0 Å². The highest BCUT2D eigenvalue weighted by Crippen LogP contribution is 2.18. The Morgan fingerprint density at radius 3 is 2.32 bits per heavy atom. The Balaban J connectivity index is 2.79. The molecule has 0 aromatic heterocycles. The second kappa shape index (κ2) is 7.93. The van der Waals surface area contributed by atoms with Gasteiger partial charge < -0.3 is 10.2 Å². The first-order valence-electron chi connectivity index (χ1n) is 6.87. The Kier molecular flexibility index (Phi) is 6.55. The molecule has 3 heteroatoms. The molecule has 19 heavy (non-hydrogen) atoms. The molecular formula is C16H25N3. The molecule has 0 amide bonds. The third-order valence-electron chi connectivity index (χ3n) is 3.28. The van der Waals surface area contributed by atoms with E-state index in [-0.39, 0.29) is 6.04 Å². The average molecular weight is 259 g/mol. The lowest BCUT2D eigenvalue weighted by atomic mass is 9.98. The van der Waals surface area contributed by atoms with Gasteiger partial charge >= 0.3 is 0 Å². The van der Waals surface area contributed by atoms with Gasteiger partial charge in [-0.05, 0) is 25.6 Å². The molecular weight excluding hydrogens is 234 g/mol. The first-order chi connectivity index (χ1) is 9.04. The first-order valence-corrected chi connectivity index (χ1v) is 6.87. The van der Waals surface area contributed by atoms with E-state index in [1.54, 1.807) is 0 Å². The lowest BCUT2D eigenvalue weighted by molar-refractivity contribution is 0.269. The summed E-state index contributed by atoms with van der Waals surface area (Å²) in [6, 6.07) is 13.0. The van der Waals surface area contributed by atoms with E-state index in [4.69, 9.17) is 5.26 Å². The van der Waals surface area contributed by atoms with Crippen molar-refractivity contribution in [1.82, 2.24) is 10.2 Å². The lowest BCUT2D eigenvalue weighted by Crippen LogP contribution is -2.43. The van der Waals surface area contributed by atoms with E-state index in [0.717, 1.165) is 6.54 Å². The van der Waals surface area contributed by atoms with Crippen molar-refractivity contribution in [2.45, 2.75) is 32.4 Å². The van der Waals surface area contributed by atoms with Crippen molar-refractivity contribution in [2.24, 2.45) is 5.92 Å². The summed E-state index contributed by atoms with van der Waals surface area (Å²) < 4.78 is 0. The molecule has 0 spiro atoms. The predicted octanol–water partition coefficient (Wildman–Crippen LogP) is 2.82. The summed E-state index contributed by atoms with van der Waals surface area (Å²) in [5.74, 6) is 0.535. The molecule has 0 fully saturated rings. The zero-order valence-electron chi connectivity index (χ0n) is 12.4. The zero-order chi connectivity index (χ0) is 14.3. The molecule has 104 valence electrons. The first kappa shape index (κ1) is 15.7. The van der Waals surface area contributed by atoms with Crippen LogP contribution in [-0.2, 0) is 0 Å². The summed E-state index contributed by atoms with van der Waals surface area (Å²) in [6.45, 7) is 5.41. The third-order valence-corrected chi connectivity index (χ3v) is 3.28. The van der Waals surface area contributed by atoms with E-state index in [0.29, 0.717) is 18.4 Å². The lowest BCUT2D eigenvalue weighted by Gasteiger charge is -2.30. The van der Waals surface area contributed by atoms with Gasteiger partial charge in [0.25, 0.3) is 0 Å². The number of hydrogen-bond acceptors (Lipinski definition) is 3. The molecule has 0 heterocycles. The molecule has 2 atom stereocenters. The number of benzene rings is 1. The van der Waals surface area contributed by atoms with Crippen molar-refractivity contribution in [3.63, 3.8) is 0 Å². The molecule has 0 aliphatic carbocycles. The maximum absolute atomic E-state index is 9.03. The molecule has 0 saturated carbocycles. The van der Waals surface area contributed by atoms with Crippen molar-refractivity contribution in [3.8, 4) is 6.07 Å². The van der Waals surface area contributed by atoms with Crippen LogP contribution in [0.3, 0.4) is 0 Å². The number of nitrogens with one attached hydrogen (secondary N) is 1. The van der Waals surface area contributed by atoms with E-state index in [1.807, 2.05) is 18.2 Å². The summed E-state index contributed by atoms with van der Waals surface area (Å²) >= 11 is 0. The molecule has 0 saturated heterocycles. The fourth-order valence-electron chi connectivity index (χ4n) is 2.16. The highest BCUT2D eigenvalue weighted by Gasteiger charge is 2.19. The third kappa shape index (κ3) is 5.42. The van der Waals surface area contributed by atoms with Crippen molar-refractivity contribution < 1.29 is 0 Å². The number of rotatable bonds is 7. The van der Waals surface area contributed by atoms with Crippen LogP contribution in [0.5, 0.6) is 0 Å². The van der Waals surface area contributed by atoms with Gasteiger partial charge in [-0.2, -0.15) is 5.26 Å². The monoisotopic (exact) mass is 259 g/mol. The SMILES string of the molecule is CC(C)C(CN(C)C)NC(CC#N)c1ccccc1. The average Bonchev–Trinajstić information content (AvgIpc) is 2.37. The van der Waals surface area contributed by atoms with Crippen LogP contribution in [0.1, 0.15) is 31.9 Å². The number of nitriles is 1. The van der Waals surface area contributed by atoms with Gasteiger partial charge in [-0.25, -0.2) is 0 Å². The zero-order valence-corrected chi connectivity index (χ0v) is 12.4. The smallest absolute Gasteiger partial charge is 0.0641 e. The highest BCUT2D eigenvalue weighted by molar-refractivity contribution is 5.20. The molecule has 3 nitrogen and oxygen atoms in total. The highest BCUT2D eigenvalue weighted by atomic mass is 15.1. The van der Waals surface area contributed by atoms with Gasteiger partial charge in [-0.15, -0.1) is 0 Å². The molecule has 0 aliphatic heterocycles. The van der Waals surface area contributed by atoms with Crippen molar-refractivity contribution >= 4 is 0 Å². The van der Waals surface area contributed by atoms with Crippen LogP contribution in [0.15, 0.2) is 30.3 Å². The number of nitrogens with zero attached hydrogens (tertiary/aromatic N) is 2. The fourth-order valence-corrected chi connectivity index (χ4v) is 2.16. The Labute approximate surface area is 117 Å². The molecule has 0 aliphatic rings. The minimum Gasteiger partial charge on any atom is -0.308 e. The van der Waals surface area contributed by atoms with Gasteiger partial charge in [0.05, 0.1) is 12.5 Å².